The van der Waals surface area contributed by atoms with Crippen LogP contribution in [0.25, 0.3) is 5.69 Å². The molecule has 4 rings (SSSR count). The largest absolute Gasteiger partial charge is 0.388 e. The number of aliphatic hydroxyl groups excluding tert-OH is 2. The van der Waals surface area contributed by atoms with Crippen LogP contribution in [0.2, 0.25) is 0 Å². The molecule has 0 aliphatic carbocycles. The zero-order valence-corrected chi connectivity index (χ0v) is 12.6. The van der Waals surface area contributed by atoms with E-state index in [2.05, 4.69) is 0 Å². The van der Waals surface area contributed by atoms with Gasteiger partial charge in [-0.1, -0.05) is 31.0 Å². The molecular weight excluding hydrogens is 298 g/mol. The van der Waals surface area contributed by atoms with E-state index in [0.717, 1.165) is 17.4 Å². The molecule has 2 bridgehead atoms. The van der Waals surface area contributed by atoms with Crippen molar-refractivity contribution in [2.75, 3.05) is 0 Å². The molecule has 23 heavy (non-hydrogen) atoms. The van der Waals surface area contributed by atoms with Gasteiger partial charge in [0.05, 0.1) is 17.8 Å². The van der Waals surface area contributed by atoms with E-state index >= 15 is 0 Å². The summed E-state index contributed by atoms with van der Waals surface area (Å²) in [7, 11) is 0. The predicted octanol–water partition coefficient (Wildman–Crippen LogP) is 0.192. The topological polar surface area (TPSA) is 89.4 Å². The lowest BCUT2D eigenvalue weighted by Gasteiger charge is -2.41. The number of hydrogen-bond acceptors (Lipinski definition) is 4. The molecular formula is C16H19N3O4. The van der Waals surface area contributed by atoms with Gasteiger partial charge in [-0.2, -0.15) is 0 Å². The van der Waals surface area contributed by atoms with Gasteiger partial charge in [-0.25, -0.2) is 23.5 Å². The number of nitrogens with zero attached hydrogens (tertiary/aromatic N) is 3. The first-order valence-electron chi connectivity index (χ1n) is 7.99. The van der Waals surface area contributed by atoms with Gasteiger partial charge in [0, 0.05) is 0 Å². The number of aromatic nitrogens is 3. The number of para-hydroxylation sites is 1. The molecule has 2 aliphatic rings. The maximum Gasteiger partial charge on any atom is 0.352 e. The molecule has 1 aromatic carbocycles. The summed E-state index contributed by atoms with van der Waals surface area (Å²) >= 11 is 0. The second kappa shape index (κ2) is 5.21. The number of hydrogen-bond donors (Lipinski definition) is 2. The Bertz CT molecular complexity index is 786. The van der Waals surface area contributed by atoms with E-state index in [-0.39, 0.29) is 0 Å². The van der Waals surface area contributed by atoms with Crippen LogP contribution in [0.3, 0.4) is 0 Å². The van der Waals surface area contributed by atoms with E-state index in [4.69, 9.17) is 0 Å². The van der Waals surface area contributed by atoms with Crippen LogP contribution in [0, 0.1) is 0 Å². The van der Waals surface area contributed by atoms with Crippen LogP contribution >= 0.6 is 0 Å². The summed E-state index contributed by atoms with van der Waals surface area (Å²) in [5, 5.41) is 20.8. The molecule has 0 amide bonds. The monoisotopic (exact) mass is 317 g/mol. The Morgan fingerprint density at radius 2 is 1.30 bits per heavy atom. The molecule has 3 heterocycles. The standard InChI is InChI=1S/C16H19N3O4/c20-13-11-8-4-5-9-12(14(13)21)19-16(23)17(15(22)18(11)19)10-6-2-1-3-7-10/h1-3,6-7,11-14,20-21H,4-5,8-9H2/t11-,12+,13-,14+. The quantitative estimate of drug-likeness (QED) is 0.786. The highest BCUT2D eigenvalue weighted by Gasteiger charge is 2.44. The van der Waals surface area contributed by atoms with Crippen molar-refractivity contribution in [3.63, 3.8) is 0 Å². The van der Waals surface area contributed by atoms with Crippen molar-refractivity contribution in [1.29, 1.82) is 0 Å². The van der Waals surface area contributed by atoms with E-state index in [1.165, 1.54) is 9.36 Å². The van der Waals surface area contributed by atoms with E-state index in [1.807, 2.05) is 6.07 Å². The van der Waals surface area contributed by atoms with E-state index in [1.54, 1.807) is 24.3 Å². The van der Waals surface area contributed by atoms with Gasteiger partial charge in [-0.15, -0.1) is 0 Å². The minimum Gasteiger partial charge on any atom is -0.388 e. The summed E-state index contributed by atoms with van der Waals surface area (Å²) in [6.07, 6.45) is 0.823. The predicted molar refractivity (Wildman–Crippen MR) is 82.8 cm³/mol. The van der Waals surface area contributed by atoms with Gasteiger partial charge in [0.2, 0.25) is 0 Å². The Hall–Kier alpha value is -2.12. The maximum atomic E-state index is 12.9. The smallest absolute Gasteiger partial charge is 0.352 e. The molecule has 2 aliphatic heterocycles. The molecule has 2 N–H and O–H groups in total. The molecule has 2 aromatic rings. The van der Waals surface area contributed by atoms with Gasteiger partial charge in [-0.3, -0.25) is 0 Å². The van der Waals surface area contributed by atoms with E-state index in [9.17, 15) is 19.8 Å². The molecule has 4 atom stereocenters. The zero-order valence-electron chi connectivity index (χ0n) is 12.6. The summed E-state index contributed by atoms with van der Waals surface area (Å²) in [4.78, 5) is 25.7. The van der Waals surface area contributed by atoms with Crippen molar-refractivity contribution in [3.8, 4) is 5.69 Å². The summed E-state index contributed by atoms with van der Waals surface area (Å²) in [5.41, 5.74) is -0.411. The van der Waals surface area contributed by atoms with Gasteiger partial charge in [-0.05, 0) is 25.0 Å². The Labute approximate surface area is 132 Å². The molecule has 7 nitrogen and oxygen atoms in total. The summed E-state index contributed by atoms with van der Waals surface area (Å²) in [6.45, 7) is 0. The van der Waals surface area contributed by atoms with Crippen LogP contribution in [-0.4, -0.2) is 36.4 Å². The second-order valence-corrected chi connectivity index (χ2v) is 6.33. The van der Waals surface area contributed by atoms with Crippen LogP contribution < -0.4 is 11.4 Å². The molecule has 0 unspecified atom stereocenters. The Morgan fingerprint density at radius 1 is 0.826 bits per heavy atom. The minimum atomic E-state index is -1.02. The fraction of sp³-hybridized carbons (Fsp3) is 0.500. The van der Waals surface area contributed by atoms with E-state index < -0.39 is 35.7 Å². The molecule has 1 aromatic heterocycles. The SMILES string of the molecule is O=c1n(-c2ccccc2)c(=O)n2n1[C@@H]1CCCC[C@H]2[C@H](O)[C@@H]1O. The molecule has 0 spiro atoms. The molecule has 122 valence electrons. The highest BCUT2D eigenvalue weighted by atomic mass is 16.3. The lowest BCUT2D eigenvalue weighted by Crippen LogP contribution is -2.53. The Balaban J connectivity index is 2.02. The average Bonchev–Trinajstić information content (AvgIpc) is 2.78. The zero-order chi connectivity index (χ0) is 16.1. The lowest BCUT2D eigenvalue weighted by molar-refractivity contribution is -0.0902. The van der Waals surface area contributed by atoms with Crippen LogP contribution in [0.1, 0.15) is 37.8 Å². The van der Waals surface area contributed by atoms with Gasteiger partial charge in [0.15, 0.2) is 0 Å². The third-order valence-electron chi connectivity index (χ3n) is 5.04. The van der Waals surface area contributed by atoms with Crippen molar-refractivity contribution in [3.05, 3.63) is 51.3 Å². The molecule has 0 radical (unpaired) electrons. The second-order valence-electron chi connectivity index (χ2n) is 6.33. The molecule has 0 fully saturated rings. The Morgan fingerprint density at radius 3 is 1.78 bits per heavy atom. The van der Waals surface area contributed by atoms with Gasteiger partial charge in [0.1, 0.15) is 12.2 Å². The Kier molecular flexibility index (Phi) is 3.28. The van der Waals surface area contributed by atoms with Crippen molar-refractivity contribution in [2.45, 2.75) is 50.0 Å². The fourth-order valence-electron chi connectivity index (χ4n) is 3.91. The minimum absolute atomic E-state index is 0.455. The van der Waals surface area contributed by atoms with Crippen molar-refractivity contribution in [1.82, 2.24) is 13.9 Å². The molecule has 0 saturated heterocycles. The van der Waals surface area contributed by atoms with Crippen LogP contribution in [0.15, 0.2) is 39.9 Å². The highest BCUT2D eigenvalue weighted by molar-refractivity contribution is 5.30. The van der Waals surface area contributed by atoms with Crippen LogP contribution in [0.4, 0.5) is 0 Å². The van der Waals surface area contributed by atoms with Crippen LogP contribution in [-0.2, 0) is 0 Å². The van der Waals surface area contributed by atoms with Gasteiger partial charge < -0.3 is 10.2 Å². The van der Waals surface area contributed by atoms with E-state index in [0.29, 0.717) is 18.5 Å². The summed E-state index contributed by atoms with van der Waals surface area (Å²) in [6, 6.07) is 7.62. The lowest BCUT2D eigenvalue weighted by atomic mass is 9.87. The fourth-order valence-corrected chi connectivity index (χ4v) is 3.91. The van der Waals surface area contributed by atoms with Crippen molar-refractivity contribution in [2.24, 2.45) is 0 Å². The maximum absolute atomic E-state index is 12.9. The van der Waals surface area contributed by atoms with Gasteiger partial charge >= 0.3 is 11.4 Å². The van der Waals surface area contributed by atoms with Crippen LogP contribution in [0.5, 0.6) is 0 Å². The summed E-state index contributed by atoms with van der Waals surface area (Å²) < 4.78 is 3.84. The third-order valence-corrected chi connectivity index (χ3v) is 5.04. The molecule has 7 heteroatoms. The van der Waals surface area contributed by atoms with Gasteiger partial charge in [0.25, 0.3) is 0 Å². The third kappa shape index (κ3) is 1.96. The first-order valence-corrected chi connectivity index (χ1v) is 7.99. The van der Waals surface area contributed by atoms with Crippen molar-refractivity contribution >= 4 is 0 Å². The van der Waals surface area contributed by atoms with Crippen molar-refractivity contribution < 1.29 is 10.2 Å². The average molecular weight is 317 g/mol. The number of rotatable bonds is 1. The first kappa shape index (κ1) is 14.5. The number of benzene rings is 1. The number of aliphatic hydroxyl groups is 2. The first-order chi connectivity index (χ1) is 11.1. The highest BCUT2D eigenvalue weighted by Crippen LogP contribution is 2.36. The molecule has 0 saturated carbocycles. The summed E-state index contributed by atoms with van der Waals surface area (Å²) in [5.74, 6) is 0. The normalized spacial score (nSPS) is 29.8.